The van der Waals surface area contributed by atoms with Crippen molar-refractivity contribution in [3.05, 3.63) is 38.8 Å². The maximum atomic E-state index is 11.7. The molecule has 0 saturated carbocycles. The van der Waals surface area contributed by atoms with Gasteiger partial charge < -0.3 is 4.74 Å². The fraction of sp³-hybridized carbons (Fsp3) is 0.412. The Morgan fingerprint density at radius 2 is 2.32 bits per heavy atom. The van der Waals surface area contributed by atoms with Crippen LogP contribution in [-0.4, -0.2) is 17.6 Å². The SMILES string of the molecule is CCOC(=O)CC1CCc2c1ccc(-c1ncc(Br)s1)c2C. The van der Waals surface area contributed by atoms with Gasteiger partial charge in [0.05, 0.1) is 23.0 Å². The van der Waals surface area contributed by atoms with Crippen LogP contribution in [0.4, 0.5) is 0 Å². The van der Waals surface area contributed by atoms with Crippen molar-refractivity contribution >= 4 is 33.2 Å². The van der Waals surface area contributed by atoms with Gasteiger partial charge in [0, 0.05) is 5.56 Å². The number of esters is 1. The molecule has 1 aliphatic rings. The van der Waals surface area contributed by atoms with Crippen molar-refractivity contribution in [3.8, 4) is 10.6 Å². The van der Waals surface area contributed by atoms with Gasteiger partial charge in [-0.25, -0.2) is 4.98 Å². The van der Waals surface area contributed by atoms with Gasteiger partial charge in [-0.1, -0.05) is 12.1 Å². The third kappa shape index (κ3) is 2.97. The zero-order valence-corrected chi connectivity index (χ0v) is 15.1. The Kier molecular flexibility index (Phi) is 4.64. The van der Waals surface area contributed by atoms with Gasteiger partial charge in [-0.05, 0) is 65.2 Å². The summed E-state index contributed by atoms with van der Waals surface area (Å²) in [6.07, 6.45) is 4.39. The molecule has 0 saturated heterocycles. The quantitative estimate of drug-likeness (QED) is 0.711. The summed E-state index contributed by atoms with van der Waals surface area (Å²) in [7, 11) is 0. The van der Waals surface area contributed by atoms with Crippen LogP contribution in [0.25, 0.3) is 10.6 Å². The molecule has 1 heterocycles. The van der Waals surface area contributed by atoms with Crippen LogP contribution in [0.3, 0.4) is 0 Å². The molecular formula is C17H18BrNO2S. The van der Waals surface area contributed by atoms with Gasteiger partial charge in [0.25, 0.3) is 0 Å². The van der Waals surface area contributed by atoms with Crippen LogP contribution in [0.1, 0.15) is 42.4 Å². The second-order valence-electron chi connectivity index (χ2n) is 5.52. The maximum Gasteiger partial charge on any atom is 0.306 e. The van der Waals surface area contributed by atoms with E-state index < -0.39 is 0 Å². The van der Waals surface area contributed by atoms with E-state index in [0.29, 0.717) is 18.9 Å². The predicted octanol–water partition coefficient (Wildman–Crippen LogP) is 4.86. The van der Waals surface area contributed by atoms with Crippen molar-refractivity contribution in [3.63, 3.8) is 0 Å². The molecule has 1 atom stereocenters. The van der Waals surface area contributed by atoms with Gasteiger partial charge in [-0.15, -0.1) is 11.3 Å². The van der Waals surface area contributed by atoms with E-state index >= 15 is 0 Å². The highest BCUT2D eigenvalue weighted by Crippen LogP contribution is 2.41. The highest BCUT2D eigenvalue weighted by Gasteiger charge is 2.27. The van der Waals surface area contributed by atoms with Gasteiger partial charge >= 0.3 is 5.97 Å². The Morgan fingerprint density at radius 3 is 3.00 bits per heavy atom. The molecule has 0 fully saturated rings. The van der Waals surface area contributed by atoms with E-state index in [4.69, 9.17) is 4.74 Å². The minimum Gasteiger partial charge on any atom is -0.466 e. The molecule has 3 nitrogen and oxygen atoms in total. The molecule has 116 valence electrons. The molecule has 5 heteroatoms. The van der Waals surface area contributed by atoms with Crippen LogP contribution in [0, 0.1) is 6.92 Å². The number of thiazole rings is 1. The molecule has 0 radical (unpaired) electrons. The number of benzene rings is 1. The first kappa shape index (κ1) is 15.7. The van der Waals surface area contributed by atoms with Gasteiger partial charge in [0.1, 0.15) is 5.01 Å². The molecule has 0 spiro atoms. The fourth-order valence-electron chi connectivity index (χ4n) is 3.21. The lowest BCUT2D eigenvalue weighted by Crippen LogP contribution is -2.08. The number of fused-ring (bicyclic) bond motifs is 1. The van der Waals surface area contributed by atoms with E-state index in [1.165, 1.54) is 22.3 Å². The first-order valence-corrected chi connectivity index (χ1v) is 9.10. The number of aromatic nitrogens is 1. The predicted molar refractivity (Wildman–Crippen MR) is 92.3 cm³/mol. The summed E-state index contributed by atoms with van der Waals surface area (Å²) in [4.78, 5) is 16.2. The Morgan fingerprint density at radius 1 is 1.50 bits per heavy atom. The van der Waals surface area contributed by atoms with Crippen LogP contribution >= 0.6 is 27.3 Å². The second kappa shape index (κ2) is 6.50. The number of rotatable bonds is 4. The van der Waals surface area contributed by atoms with Crippen molar-refractivity contribution < 1.29 is 9.53 Å². The van der Waals surface area contributed by atoms with Crippen LogP contribution in [-0.2, 0) is 16.0 Å². The molecule has 1 aliphatic carbocycles. The molecule has 0 aliphatic heterocycles. The highest BCUT2D eigenvalue weighted by molar-refractivity contribution is 9.11. The summed E-state index contributed by atoms with van der Waals surface area (Å²) >= 11 is 5.12. The third-order valence-electron chi connectivity index (χ3n) is 4.24. The van der Waals surface area contributed by atoms with Gasteiger partial charge in [0.15, 0.2) is 0 Å². The Hall–Kier alpha value is -1.20. The first-order valence-electron chi connectivity index (χ1n) is 7.49. The number of halogens is 1. The lowest BCUT2D eigenvalue weighted by molar-refractivity contribution is -0.143. The summed E-state index contributed by atoms with van der Waals surface area (Å²) in [6.45, 7) is 4.47. The van der Waals surface area contributed by atoms with Crippen LogP contribution in [0.5, 0.6) is 0 Å². The number of ether oxygens (including phenoxy) is 1. The summed E-state index contributed by atoms with van der Waals surface area (Å²) < 4.78 is 6.14. The number of hydrogen-bond donors (Lipinski definition) is 0. The molecule has 0 N–H and O–H groups in total. The molecule has 22 heavy (non-hydrogen) atoms. The van der Waals surface area contributed by atoms with Crippen molar-refractivity contribution in [1.29, 1.82) is 0 Å². The summed E-state index contributed by atoms with van der Waals surface area (Å²) in [5.41, 5.74) is 5.19. The molecule has 0 amide bonds. The summed E-state index contributed by atoms with van der Waals surface area (Å²) in [6, 6.07) is 4.31. The first-order chi connectivity index (χ1) is 10.6. The van der Waals surface area contributed by atoms with E-state index in [1.807, 2.05) is 13.1 Å². The monoisotopic (exact) mass is 379 g/mol. The average Bonchev–Trinajstić information content (AvgIpc) is 3.07. The number of nitrogens with zero attached hydrogens (tertiary/aromatic N) is 1. The van der Waals surface area contributed by atoms with E-state index in [-0.39, 0.29) is 5.97 Å². The molecular weight excluding hydrogens is 362 g/mol. The molecule has 1 aromatic heterocycles. The Bertz CT molecular complexity index is 711. The fourth-order valence-corrected chi connectivity index (χ4v) is 4.50. The standard InChI is InChI=1S/C17H18BrNO2S/c1-3-21-16(20)8-11-4-5-12-10(2)13(6-7-14(11)12)17-19-9-15(18)22-17/h6-7,9,11H,3-5,8H2,1-2H3. The second-order valence-corrected chi connectivity index (χ2v) is 7.93. The molecule has 1 aromatic carbocycles. The summed E-state index contributed by atoms with van der Waals surface area (Å²) in [5.74, 6) is 0.204. The largest absolute Gasteiger partial charge is 0.466 e. The van der Waals surface area contributed by atoms with Gasteiger partial charge in [-0.3, -0.25) is 4.79 Å². The lowest BCUT2D eigenvalue weighted by atomic mass is 9.94. The Balaban J connectivity index is 1.89. The minimum absolute atomic E-state index is 0.0917. The zero-order chi connectivity index (χ0) is 15.7. The van der Waals surface area contributed by atoms with Gasteiger partial charge in [0.2, 0.25) is 0 Å². The van der Waals surface area contributed by atoms with Crippen LogP contribution < -0.4 is 0 Å². The van der Waals surface area contributed by atoms with E-state index in [2.05, 4.69) is 40.0 Å². The molecule has 1 unspecified atom stereocenters. The van der Waals surface area contributed by atoms with E-state index in [0.717, 1.165) is 21.6 Å². The van der Waals surface area contributed by atoms with Crippen LogP contribution in [0.15, 0.2) is 22.1 Å². The number of carbonyl (C=O) groups excluding carboxylic acids is 1. The van der Waals surface area contributed by atoms with Crippen molar-refractivity contribution in [2.24, 2.45) is 0 Å². The molecule has 0 bridgehead atoms. The maximum absolute atomic E-state index is 11.7. The zero-order valence-electron chi connectivity index (χ0n) is 12.7. The van der Waals surface area contributed by atoms with Crippen molar-refractivity contribution in [2.45, 2.75) is 39.0 Å². The van der Waals surface area contributed by atoms with E-state index in [1.54, 1.807) is 11.3 Å². The minimum atomic E-state index is -0.0917. The number of hydrogen-bond acceptors (Lipinski definition) is 4. The average molecular weight is 380 g/mol. The number of carbonyl (C=O) groups is 1. The molecule has 3 rings (SSSR count). The molecule has 2 aromatic rings. The summed E-state index contributed by atoms with van der Waals surface area (Å²) in [5, 5.41) is 1.04. The van der Waals surface area contributed by atoms with Crippen molar-refractivity contribution in [1.82, 2.24) is 4.98 Å². The highest BCUT2D eigenvalue weighted by atomic mass is 79.9. The van der Waals surface area contributed by atoms with E-state index in [9.17, 15) is 4.79 Å². The smallest absolute Gasteiger partial charge is 0.306 e. The van der Waals surface area contributed by atoms with Crippen molar-refractivity contribution in [2.75, 3.05) is 6.61 Å². The van der Waals surface area contributed by atoms with Gasteiger partial charge in [-0.2, -0.15) is 0 Å². The topological polar surface area (TPSA) is 39.2 Å². The normalized spacial score (nSPS) is 16.6. The lowest BCUT2D eigenvalue weighted by Gasteiger charge is -2.13. The third-order valence-corrected chi connectivity index (χ3v) is 5.75. The Labute approximate surface area is 142 Å². The van der Waals surface area contributed by atoms with Crippen LogP contribution in [0.2, 0.25) is 0 Å².